The number of nitrogens with zero attached hydrogens (tertiary/aromatic N) is 1. The minimum atomic E-state index is -4.53. The lowest BCUT2D eigenvalue weighted by molar-refractivity contribution is -0.137. The van der Waals surface area contributed by atoms with Gasteiger partial charge in [-0.1, -0.05) is 29.8 Å². The van der Waals surface area contributed by atoms with Gasteiger partial charge in [-0.2, -0.15) is 18.4 Å². The maximum absolute atomic E-state index is 13.0. The van der Waals surface area contributed by atoms with E-state index in [9.17, 15) is 13.2 Å². The third-order valence-electron chi connectivity index (χ3n) is 2.88. The Morgan fingerprint density at radius 1 is 1.14 bits per heavy atom. The van der Waals surface area contributed by atoms with Gasteiger partial charge in [0.25, 0.3) is 0 Å². The molecular weight excluding hydrogens is 301 g/mol. The fourth-order valence-corrected chi connectivity index (χ4v) is 2.04. The first-order valence-electron chi connectivity index (χ1n) is 6.00. The van der Waals surface area contributed by atoms with Crippen LogP contribution in [0.5, 0.6) is 0 Å². The zero-order valence-electron chi connectivity index (χ0n) is 10.7. The monoisotopic (exact) mass is 310 g/mol. The lowest BCUT2D eigenvalue weighted by atomic mass is 10.1. The standard InChI is InChI=1S/C15H10ClF3N2/c16-13-4-2-1-3-11(13)9-21-14-6-5-10(8-20)7-12(14)15(17,18)19/h1-7,21H,9H2. The van der Waals surface area contributed by atoms with Gasteiger partial charge in [0.2, 0.25) is 0 Å². The fraction of sp³-hybridized carbons (Fsp3) is 0.133. The number of rotatable bonds is 3. The minimum Gasteiger partial charge on any atom is -0.380 e. The first-order valence-corrected chi connectivity index (χ1v) is 6.38. The smallest absolute Gasteiger partial charge is 0.380 e. The fourth-order valence-electron chi connectivity index (χ4n) is 1.83. The number of alkyl halides is 3. The molecule has 21 heavy (non-hydrogen) atoms. The maximum Gasteiger partial charge on any atom is 0.418 e. The molecule has 0 fully saturated rings. The Hall–Kier alpha value is -2.19. The Morgan fingerprint density at radius 3 is 2.48 bits per heavy atom. The Balaban J connectivity index is 2.28. The molecule has 0 bridgehead atoms. The van der Waals surface area contributed by atoms with Gasteiger partial charge in [-0.25, -0.2) is 0 Å². The van der Waals surface area contributed by atoms with Crippen molar-refractivity contribution in [3.63, 3.8) is 0 Å². The van der Waals surface area contributed by atoms with Crippen molar-refractivity contribution in [2.75, 3.05) is 5.32 Å². The second-order valence-corrected chi connectivity index (χ2v) is 4.72. The van der Waals surface area contributed by atoms with Gasteiger partial charge < -0.3 is 5.32 Å². The molecule has 2 rings (SSSR count). The van der Waals surface area contributed by atoms with E-state index >= 15 is 0 Å². The van der Waals surface area contributed by atoms with Crippen molar-refractivity contribution in [1.29, 1.82) is 5.26 Å². The highest BCUT2D eigenvalue weighted by Gasteiger charge is 2.33. The Morgan fingerprint density at radius 2 is 1.86 bits per heavy atom. The van der Waals surface area contributed by atoms with Crippen LogP contribution in [0.25, 0.3) is 0 Å². The van der Waals surface area contributed by atoms with E-state index in [1.54, 1.807) is 30.3 Å². The number of nitriles is 1. The molecule has 0 spiro atoms. The third-order valence-corrected chi connectivity index (χ3v) is 3.25. The highest BCUT2D eigenvalue weighted by Crippen LogP contribution is 2.35. The molecule has 2 aromatic carbocycles. The SMILES string of the molecule is N#Cc1ccc(NCc2ccccc2Cl)c(C(F)(F)F)c1. The molecule has 0 aliphatic rings. The van der Waals surface area contributed by atoms with Gasteiger partial charge in [0.05, 0.1) is 17.2 Å². The summed E-state index contributed by atoms with van der Waals surface area (Å²) in [5.41, 5.74) is -0.294. The van der Waals surface area contributed by atoms with Gasteiger partial charge in [0.1, 0.15) is 0 Å². The largest absolute Gasteiger partial charge is 0.418 e. The maximum atomic E-state index is 13.0. The highest BCUT2D eigenvalue weighted by atomic mass is 35.5. The van der Waals surface area contributed by atoms with E-state index in [-0.39, 0.29) is 17.8 Å². The second-order valence-electron chi connectivity index (χ2n) is 4.31. The molecule has 0 aliphatic heterocycles. The quantitative estimate of drug-likeness (QED) is 0.880. The summed E-state index contributed by atoms with van der Waals surface area (Å²) < 4.78 is 39.0. The predicted octanol–water partition coefficient (Wildman–Crippen LogP) is 4.84. The van der Waals surface area contributed by atoms with Gasteiger partial charge in [-0.05, 0) is 29.8 Å². The molecule has 1 N–H and O–H groups in total. The van der Waals surface area contributed by atoms with Gasteiger partial charge >= 0.3 is 6.18 Å². The lowest BCUT2D eigenvalue weighted by Gasteiger charge is -2.15. The highest BCUT2D eigenvalue weighted by molar-refractivity contribution is 6.31. The molecule has 2 nitrogen and oxygen atoms in total. The third kappa shape index (κ3) is 3.67. The molecule has 0 saturated heterocycles. The number of anilines is 1. The summed E-state index contributed by atoms with van der Waals surface area (Å²) in [5, 5.41) is 11.9. The van der Waals surface area contributed by atoms with Crippen LogP contribution in [0.2, 0.25) is 5.02 Å². The zero-order valence-corrected chi connectivity index (χ0v) is 11.5. The Bertz CT molecular complexity index is 690. The lowest BCUT2D eigenvalue weighted by Crippen LogP contribution is -2.11. The molecule has 0 saturated carbocycles. The van der Waals surface area contributed by atoms with Crippen LogP contribution < -0.4 is 5.32 Å². The van der Waals surface area contributed by atoms with Crippen molar-refractivity contribution in [2.45, 2.75) is 12.7 Å². The number of hydrogen-bond donors (Lipinski definition) is 1. The van der Waals surface area contributed by atoms with Gasteiger partial charge in [-0.15, -0.1) is 0 Å². The number of nitrogens with one attached hydrogen (secondary N) is 1. The van der Waals surface area contributed by atoms with Crippen molar-refractivity contribution in [3.05, 3.63) is 64.2 Å². The van der Waals surface area contributed by atoms with Crippen molar-refractivity contribution >= 4 is 17.3 Å². The summed E-state index contributed by atoms with van der Waals surface area (Å²) in [7, 11) is 0. The molecule has 0 atom stereocenters. The van der Waals surface area contributed by atoms with Gasteiger partial charge in [0, 0.05) is 17.3 Å². The van der Waals surface area contributed by atoms with E-state index in [0.29, 0.717) is 10.6 Å². The van der Waals surface area contributed by atoms with Crippen molar-refractivity contribution < 1.29 is 13.2 Å². The Kier molecular flexibility index (Phi) is 4.39. The molecule has 2 aromatic rings. The van der Waals surface area contributed by atoms with Crippen molar-refractivity contribution in [3.8, 4) is 6.07 Å². The normalized spacial score (nSPS) is 11.0. The molecule has 0 heterocycles. The van der Waals surface area contributed by atoms with Crippen LogP contribution >= 0.6 is 11.6 Å². The van der Waals surface area contributed by atoms with Crippen LogP contribution in [0.4, 0.5) is 18.9 Å². The molecule has 0 aromatic heterocycles. The molecule has 0 amide bonds. The summed E-state index contributed by atoms with van der Waals surface area (Å²) >= 11 is 5.96. The van der Waals surface area contributed by atoms with Crippen LogP contribution in [-0.2, 0) is 12.7 Å². The average Bonchev–Trinajstić information content (AvgIpc) is 2.45. The van der Waals surface area contributed by atoms with Crippen LogP contribution in [0.1, 0.15) is 16.7 Å². The summed E-state index contributed by atoms with van der Waals surface area (Å²) in [6.07, 6.45) is -4.53. The van der Waals surface area contributed by atoms with Crippen LogP contribution in [0.15, 0.2) is 42.5 Å². The molecule has 0 unspecified atom stereocenters. The average molecular weight is 311 g/mol. The van der Waals surface area contributed by atoms with Gasteiger partial charge in [-0.3, -0.25) is 0 Å². The zero-order chi connectivity index (χ0) is 15.5. The van der Waals surface area contributed by atoms with E-state index in [2.05, 4.69) is 5.32 Å². The van der Waals surface area contributed by atoms with Gasteiger partial charge in [0.15, 0.2) is 0 Å². The number of hydrogen-bond acceptors (Lipinski definition) is 2. The summed E-state index contributed by atoms with van der Waals surface area (Å²) in [4.78, 5) is 0. The van der Waals surface area contributed by atoms with Crippen molar-refractivity contribution in [2.24, 2.45) is 0 Å². The summed E-state index contributed by atoms with van der Waals surface area (Å²) in [5.74, 6) is 0. The topological polar surface area (TPSA) is 35.8 Å². The van der Waals surface area contributed by atoms with E-state index in [0.717, 1.165) is 6.07 Å². The van der Waals surface area contributed by atoms with Crippen LogP contribution in [0.3, 0.4) is 0 Å². The van der Waals surface area contributed by atoms with E-state index < -0.39 is 11.7 Å². The molecule has 108 valence electrons. The van der Waals surface area contributed by atoms with E-state index in [1.807, 2.05) is 0 Å². The van der Waals surface area contributed by atoms with Crippen molar-refractivity contribution in [1.82, 2.24) is 0 Å². The molecular formula is C15H10ClF3N2. The number of benzene rings is 2. The molecule has 0 aliphatic carbocycles. The summed E-state index contributed by atoms with van der Waals surface area (Å²) in [6, 6.07) is 12.0. The predicted molar refractivity (Wildman–Crippen MR) is 74.9 cm³/mol. The molecule has 6 heteroatoms. The molecule has 0 radical (unpaired) electrons. The van der Waals surface area contributed by atoms with E-state index in [1.165, 1.54) is 12.1 Å². The van der Waals surface area contributed by atoms with Crippen LogP contribution in [0, 0.1) is 11.3 Å². The summed E-state index contributed by atoms with van der Waals surface area (Å²) in [6.45, 7) is 0.161. The second kappa shape index (κ2) is 6.06. The Labute approximate surface area is 124 Å². The minimum absolute atomic E-state index is 0.0365. The van der Waals surface area contributed by atoms with Crippen LogP contribution in [-0.4, -0.2) is 0 Å². The first-order chi connectivity index (χ1) is 9.91. The number of halogens is 4. The first kappa shape index (κ1) is 15.2. The van der Waals surface area contributed by atoms with E-state index in [4.69, 9.17) is 16.9 Å².